The molecule has 0 spiro atoms. The highest BCUT2D eigenvalue weighted by atomic mass is 16.3. The van der Waals surface area contributed by atoms with Crippen LogP contribution >= 0.6 is 0 Å². The summed E-state index contributed by atoms with van der Waals surface area (Å²) in [6.45, 7) is 23.7. The molecule has 11 aromatic heterocycles. The van der Waals surface area contributed by atoms with Gasteiger partial charge in [-0.2, -0.15) is 0 Å². The van der Waals surface area contributed by atoms with E-state index in [1.807, 2.05) is 43.3 Å². The van der Waals surface area contributed by atoms with E-state index in [4.69, 9.17) is 17.7 Å². The normalized spacial score (nSPS) is 11.6. The Bertz CT molecular complexity index is 5570. The molecule has 0 aliphatic rings. The third-order valence-electron chi connectivity index (χ3n) is 18.3. The second-order valence-corrected chi connectivity index (χ2v) is 25.5. The molecular formula is C82H79N7O4+4. The van der Waals surface area contributed by atoms with Crippen molar-refractivity contribution in [3.05, 3.63) is 245 Å². The van der Waals surface area contributed by atoms with E-state index in [0.29, 0.717) is 29.0 Å². The number of hydrogen-bond acceptors (Lipinski definition) is 7. The van der Waals surface area contributed by atoms with Gasteiger partial charge in [0.1, 0.15) is 39.4 Å². The molecule has 11 heterocycles. The second kappa shape index (κ2) is 24.9. The highest BCUT2D eigenvalue weighted by Crippen LogP contribution is 2.41. The summed E-state index contributed by atoms with van der Waals surface area (Å²) in [6.07, 6.45) is 12.1. The summed E-state index contributed by atoms with van der Waals surface area (Å²) in [4.78, 5) is 13.3. The summed E-state index contributed by atoms with van der Waals surface area (Å²) < 4.78 is 33.3. The van der Waals surface area contributed by atoms with Gasteiger partial charge in [-0.05, 0) is 148 Å². The van der Waals surface area contributed by atoms with Crippen LogP contribution in [0.15, 0.2) is 213 Å². The zero-order chi connectivity index (χ0) is 65.1. The number of aromatic nitrogens is 7. The maximum absolute atomic E-state index is 6.26. The Morgan fingerprint density at radius 1 is 0.323 bits per heavy atom. The van der Waals surface area contributed by atoms with Gasteiger partial charge in [0, 0.05) is 109 Å². The van der Waals surface area contributed by atoms with Crippen LogP contribution in [0.2, 0.25) is 0 Å². The molecular weight excluding hydrogens is 1150 g/mol. The van der Waals surface area contributed by atoms with E-state index in [2.05, 4.69) is 277 Å². The molecule has 0 saturated carbocycles. The minimum Gasteiger partial charge on any atom is -0.455 e. The van der Waals surface area contributed by atoms with Crippen LogP contribution in [0.1, 0.15) is 89.7 Å². The lowest BCUT2D eigenvalue weighted by Crippen LogP contribution is -2.31. The Morgan fingerprint density at radius 3 is 1.33 bits per heavy atom. The van der Waals surface area contributed by atoms with E-state index in [-0.39, 0.29) is 0 Å². The van der Waals surface area contributed by atoms with E-state index in [0.717, 1.165) is 99.7 Å². The number of aryl methyl sites for hydroxylation is 11. The van der Waals surface area contributed by atoms with E-state index in [1.54, 1.807) is 12.4 Å². The van der Waals surface area contributed by atoms with Gasteiger partial charge in [0.15, 0.2) is 41.5 Å². The van der Waals surface area contributed by atoms with Crippen molar-refractivity contribution < 1.29 is 35.9 Å². The highest BCUT2D eigenvalue weighted by Gasteiger charge is 2.26. The number of rotatable bonds is 6. The average molecular weight is 1230 g/mol. The lowest BCUT2D eigenvalue weighted by atomic mass is 9.97. The molecule has 0 saturated heterocycles. The molecule has 16 rings (SSSR count). The van der Waals surface area contributed by atoms with Gasteiger partial charge in [-0.3, -0.25) is 0 Å². The van der Waals surface area contributed by atoms with E-state index < -0.39 is 0 Å². The summed E-state index contributed by atoms with van der Waals surface area (Å²) in [7, 11) is 8.33. The Hall–Kier alpha value is -10.7. The van der Waals surface area contributed by atoms with Crippen LogP contribution in [0.5, 0.6) is 0 Å². The minimum atomic E-state index is 0.500. The van der Waals surface area contributed by atoms with Gasteiger partial charge in [-0.15, -0.1) is 0 Å². The highest BCUT2D eigenvalue weighted by molar-refractivity contribution is 6.12. The van der Waals surface area contributed by atoms with Crippen LogP contribution in [0, 0.1) is 48.5 Å². The Kier molecular flexibility index (Phi) is 16.4. The molecule has 0 radical (unpaired) electrons. The molecule has 0 fully saturated rings. The van der Waals surface area contributed by atoms with Gasteiger partial charge < -0.3 is 17.7 Å². The molecule has 0 aliphatic carbocycles. The summed E-state index contributed by atoms with van der Waals surface area (Å²) in [6, 6.07) is 55.0. The fraction of sp³-hybridized carbons (Fsp3) is 0.207. The largest absolute Gasteiger partial charge is 0.455 e. The minimum absolute atomic E-state index is 0.500. The number of hydrogen-bond donors (Lipinski definition) is 0. The number of nitrogens with zero attached hydrogens (tertiary/aromatic N) is 7. The number of furan rings is 4. The first-order chi connectivity index (χ1) is 44.8. The number of para-hydroxylation sites is 1. The molecule has 0 aliphatic heterocycles. The Balaban J connectivity index is 0.000000113. The third kappa shape index (κ3) is 11.4. The molecule has 5 aromatic carbocycles. The van der Waals surface area contributed by atoms with Crippen LogP contribution in [-0.2, 0) is 28.2 Å². The average Bonchev–Trinajstić information content (AvgIpc) is 1.69. The van der Waals surface area contributed by atoms with Crippen molar-refractivity contribution in [2.24, 2.45) is 28.2 Å². The van der Waals surface area contributed by atoms with Gasteiger partial charge in [-0.1, -0.05) is 94.4 Å². The lowest BCUT2D eigenvalue weighted by molar-refractivity contribution is -0.660. The zero-order valence-electron chi connectivity index (χ0n) is 55.9. The van der Waals surface area contributed by atoms with Gasteiger partial charge in [0.25, 0.3) is 0 Å². The quantitative estimate of drug-likeness (QED) is 0.153. The first-order valence-corrected chi connectivity index (χ1v) is 32.0. The fourth-order valence-corrected chi connectivity index (χ4v) is 13.0. The number of fused-ring (bicyclic) bond motifs is 12. The maximum atomic E-state index is 6.26. The van der Waals surface area contributed by atoms with Gasteiger partial charge in [0.05, 0.1) is 22.3 Å². The first-order valence-electron chi connectivity index (χ1n) is 32.0. The van der Waals surface area contributed by atoms with Crippen LogP contribution in [0.4, 0.5) is 0 Å². The van der Waals surface area contributed by atoms with E-state index in [9.17, 15) is 0 Å². The smallest absolute Gasteiger partial charge is 0.227 e. The van der Waals surface area contributed by atoms with E-state index in [1.165, 1.54) is 66.5 Å². The van der Waals surface area contributed by atoms with Crippen molar-refractivity contribution in [1.29, 1.82) is 0 Å². The molecule has 462 valence electrons. The van der Waals surface area contributed by atoms with Gasteiger partial charge in [-0.25, -0.2) is 33.2 Å². The molecule has 0 bridgehead atoms. The summed E-state index contributed by atoms with van der Waals surface area (Å²) in [5.41, 5.74) is 27.1. The van der Waals surface area contributed by atoms with Crippen LogP contribution in [0.25, 0.3) is 133 Å². The summed E-state index contributed by atoms with van der Waals surface area (Å²) in [5, 5.41) is 8.91. The van der Waals surface area contributed by atoms with E-state index >= 15 is 0 Å². The predicted molar refractivity (Wildman–Crippen MR) is 376 cm³/mol. The molecule has 11 nitrogen and oxygen atoms in total. The molecule has 93 heavy (non-hydrogen) atoms. The van der Waals surface area contributed by atoms with Crippen molar-refractivity contribution >= 4 is 88.1 Å². The molecule has 0 amide bonds. The number of pyridine rings is 7. The van der Waals surface area contributed by atoms with Crippen molar-refractivity contribution in [3.63, 3.8) is 0 Å². The van der Waals surface area contributed by atoms with Crippen LogP contribution < -0.4 is 18.3 Å². The SMILES string of the molecule is Cc1cc(-c2c(C)ccc3c2oc2ncccc23)[n+](C)cc1C.Cc1ccc2c(n1)oc1c(-c3cccc[n+]3C)c(C)ccc12.Cc1ccc2c(oc3ccccc32)c1-c1cc(C(C)C)cc[n+]1C.Cc1ccc2c(oc3ncccc32)c1-c1ccc(C(C)C)c[n+]1C. The Morgan fingerprint density at radius 2 is 0.774 bits per heavy atom. The molecule has 0 unspecified atom stereocenters. The lowest BCUT2D eigenvalue weighted by Gasteiger charge is -2.09. The maximum Gasteiger partial charge on any atom is 0.227 e. The fourth-order valence-electron chi connectivity index (χ4n) is 13.0. The summed E-state index contributed by atoms with van der Waals surface area (Å²) in [5.74, 6) is 1.01. The molecule has 11 heteroatoms. The van der Waals surface area contributed by atoms with Crippen LogP contribution in [0.3, 0.4) is 0 Å². The summed E-state index contributed by atoms with van der Waals surface area (Å²) >= 11 is 0. The standard InChI is InChI=1S/C22H22NO.C21H21N2O.C20H19N2O.C19H17N2O/c1-14(2)16-11-12-23(4)19(13-16)21-15(3)9-10-18-17-7-5-6-8-20(17)24-22(18)21;1-13(2)15-8-10-18(23(4)12-15)19-14(3)7-9-16-17-6-5-11-22-21(17)24-20(16)19;1-12-7-8-15-16-6-5-9-21-20(16)23-19(15)18(12)17-10-13(2)14(3)11-22(17)4;1-12-7-9-14-15-10-8-13(2)20-19(15)22-18(14)17(12)16-6-4-5-11-21(16)3/h5-14H,1-4H3;5-13H,1-4H3;5-11H,1-4H3;4-11H,1-3H3/q4*+1. The zero-order valence-corrected chi connectivity index (χ0v) is 55.9. The molecule has 0 atom stereocenters. The Labute approximate surface area is 542 Å². The van der Waals surface area contributed by atoms with Gasteiger partial charge >= 0.3 is 0 Å². The number of benzene rings is 5. The van der Waals surface area contributed by atoms with Crippen molar-refractivity contribution in [2.75, 3.05) is 0 Å². The molecule has 16 aromatic rings. The topological polar surface area (TPSA) is 107 Å². The van der Waals surface area contributed by atoms with Crippen molar-refractivity contribution in [3.8, 4) is 45.0 Å². The first kappa shape index (κ1) is 61.2. The monoisotopic (exact) mass is 1230 g/mol. The second-order valence-electron chi connectivity index (χ2n) is 25.5. The predicted octanol–water partition coefficient (Wildman–Crippen LogP) is 18.9. The molecule has 0 N–H and O–H groups in total. The van der Waals surface area contributed by atoms with Crippen LogP contribution in [-0.4, -0.2) is 15.0 Å². The van der Waals surface area contributed by atoms with Gasteiger partial charge in [0.2, 0.25) is 39.9 Å². The third-order valence-corrected chi connectivity index (χ3v) is 18.3. The van der Waals surface area contributed by atoms with Crippen molar-refractivity contribution in [2.45, 2.75) is 88.0 Å². The van der Waals surface area contributed by atoms with Crippen molar-refractivity contribution in [1.82, 2.24) is 15.0 Å².